The fourth-order valence-electron chi connectivity index (χ4n) is 1.42. The monoisotopic (exact) mass is 288 g/mol. The molecule has 2 N–H and O–H groups in total. The van der Waals surface area contributed by atoms with Crippen LogP contribution >= 0.6 is 11.6 Å². The largest absolute Gasteiger partial charge is 0.467 e. The van der Waals surface area contributed by atoms with E-state index in [1.165, 1.54) is 25.3 Å². The van der Waals surface area contributed by atoms with Gasteiger partial charge in [0.15, 0.2) is 6.10 Å². The lowest BCUT2D eigenvalue weighted by Gasteiger charge is -2.16. The van der Waals surface area contributed by atoms with E-state index < -0.39 is 24.1 Å². The van der Waals surface area contributed by atoms with Crippen molar-refractivity contribution in [1.29, 1.82) is 0 Å². The SMILES string of the molecule is COC(=O)c1ccc(C(O)C(O)C(=O)OC)cc1Cl. The second-order valence-electron chi connectivity index (χ2n) is 3.64. The number of rotatable bonds is 4. The Hall–Kier alpha value is -1.63. The molecule has 0 fully saturated rings. The van der Waals surface area contributed by atoms with Gasteiger partial charge in [0, 0.05) is 0 Å². The van der Waals surface area contributed by atoms with Crippen LogP contribution in [0.2, 0.25) is 5.02 Å². The molecule has 0 saturated carbocycles. The molecule has 0 bridgehead atoms. The number of carbonyl (C=O) groups excluding carboxylic acids is 2. The summed E-state index contributed by atoms with van der Waals surface area (Å²) in [5.41, 5.74) is 0.295. The topological polar surface area (TPSA) is 93.1 Å². The van der Waals surface area contributed by atoms with Crippen molar-refractivity contribution in [1.82, 2.24) is 0 Å². The third-order valence-electron chi connectivity index (χ3n) is 2.48. The molecule has 1 rings (SSSR count). The van der Waals surface area contributed by atoms with Gasteiger partial charge in [-0.15, -0.1) is 0 Å². The van der Waals surface area contributed by atoms with Crippen molar-refractivity contribution < 1.29 is 29.3 Å². The zero-order chi connectivity index (χ0) is 14.6. The minimum Gasteiger partial charge on any atom is -0.467 e. The number of ether oxygens (including phenoxy) is 2. The summed E-state index contributed by atoms with van der Waals surface area (Å²) in [5, 5.41) is 19.3. The maximum absolute atomic E-state index is 11.3. The Morgan fingerprint density at radius 3 is 2.32 bits per heavy atom. The summed E-state index contributed by atoms with van der Waals surface area (Å²) in [6, 6.07) is 3.95. The Balaban J connectivity index is 3.01. The van der Waals surface area contributed by atoms with Crippen LogP contribution in [0.25, 0.3) is 0 Å². The molecule has 0 radical (unpaired) electrons. The molecule has 0 aliphatic heterocycles. The number of halogens is 1. The standard InChI is InChI=1S/C12H13ClO6/c1-18-11(16)7-4-3-6(5-8(7)13)9(14)10(15)12(17)19-2/h3-5,9-10,14-15H,1-2H3. The maximum atomic E-state index is 11.3. The van der Waals surface area contributed by atoms with E-state index in [1.54, 1.807) is 0 Å². The van der Waals surface area contributed by atoms with Crippen LogP contribution in [-0.2, 0) is 14.3 Å². The van der Waals surface area contributed by atoms with Crippen LogP contribution in [-0.4, -0.2) is 42.5 Å². The van der Waals surface area contributed by atoms with Crippen molar-refractivity contribution in [3.05, 3.63) is 34.3 Å². The van der Waals surface area contributed by atoms with E-state index in [4.69, 9.17) is 11.6 Å². The minimum atomic E-state index is -1.73. The van der Waals surface area contributed by atoms with Crippen LogP contribution in [0.1, 0.15) is 22.0 Å². The molecule has 19 heavy (non-hydrogen) atoms. The molecule has 0 amide bonds. The highest BCUT2D eigenvalue weighted by Crippen LogP contribution is 2.24. The van der Waals surface area contributed by atoms with E-state index in [0.29, 0.717) is 0 Å². The van der Waals surface area contributed by atoms with Gasteiger partial charge in [0.1, 0.15) is 6.10 Å². The molecule has 0 spiro atoms. The zero-order valence-electron chi connectivity index (χ0n) is 10.3. The average Bonchev–Trinajstić information content (AvgIpc) is 2.43. The molecule has 0 heterocycles. The predicted molar refractivity (Wildman–Crippen MR) is 65.8 cm³/mol. The highest BCUT2D eigenvalue weighted by atomic mass is 35.5. The lowest BCUT2D eigenvalue weighted by Crippen LogP contribution is -2.29. The Bertz CT molecular complexity index is 487. The number of benzene rings is 1. The van der Waals surface area contributed by atoms with Gasteiger partial charge in [-0.2, -0.15) is 0 Å². The summed E-state index contributed by atoms with van der Waals surface area (Å²) in [4.78, 5) is 22.4. The predicted octanol–water partition coefficient (Wildman–Crippen LogP) is 0.694. The van der Waals surface area contributed by atoms with Crippen LogP contribution in [0.3, 0.4) is 0 Å². The fraction of sp³-hybridized carbons (Fsp3) is 0.333. The van der Waals surface area contributed by atoms with Gasteiger partial charge in [-0.3, -0.25) is 0 Å². The van der Waals surface area contributed by atoms with Gasteiger partial charge in [-0.05, 0) is 17.7 Å². The van der Waals surface area contributed by atoms with Crippen molar-refractivity contribution in [2.45, 2.75) is 12.2 Å². The van der Waals surface area contributed by atoms with Crippen molar-refractivity contribution >= 4 is 23.5 Å². The first kappa shape index (κ1) is 15.4. The van der Waals surface area contributed by atoms with Gasteiger partial charge < -0.3 is 19.7 Å². The van der Waals surface area contributed by atoms with Crippen LogP contribution < -0.4 is 0 Å². The Morgan fingerprint density at radius 2 is 1.84 bits per heavy atom. The smallest absolute Gasteiger partial charge is 0.339 e. The molecule has 2 atom stereocenters. The number of aliphatic hydroxyl groups is 2. The van der Waals surface area contributed by atoms with Crippen molar-refractivity contribution in [2.75, 3.05) is 14.2 Å². The van der Waals surface area contributed by atoms with Crippen LogP contribution in [0.5, 0.6) is 0 Å². The summed E-state index contributed by atoms with van der Waals surface area (Å²) in [6.07, 6.45) is -3.23. The van der Waals surface area contributed by atoms with Gasteiger partial charge in [0.05, 0.1) is 24.8 Å². The van der Waals surface area contributed by atoms with E-state index in [0.717, 1.165) is 7.11 Å². The number of hydrogen-bond acceptors (Lipinski definition) is 6. The Kier molecular flexibility index (Phi) is 5.29. The molecule has 2 unspecified atom stereocenters. The van der Waals surface area contributed by atoms with E-state index in [9.17, 15) is 19.8 Å². The number of methoxy groups -OCH3 is 2. The first-order chi connectivity index (χ1) is 8.92. The molecule has 0 saturated heterocycles. The van der Waals surface area contributed by atoms with Gasteiger partial charge in [0.25, 0.3) is 0 Å². The Labute approximate surface area is 114 Å². The second kappa shape index (κ2) is 6.51. The summed E-state index contributed by atoms with van der Waals surface area (Å²) in [5.74, 6) is -1.60. The molecule has 0 aliphatic rings. The molecule has 7 heteroatoms. The first-order valence-electron chi connectivity index (χ1n) is 5.24. The maximum Gasteiger partial charge on any atom is 0.339 e. The molecule has 104 valence electrons. The Morgan fingerprint density at radius 1 is 1.21 bits per heavy atom. The number of hydrogen-bond donors (Lipinski definition) is 2. The van der Waals surface area contributed by atoms with Crippen molar-refractivity contribution in [3.8, 4) is 0 Å². The zero-order valence-corrected chi connectivity index (χ0v) is 11.0. The van der Waals surface area contributed by atoms with Crippen LogP contribution in [0.4, 0.5) is 0 Å². The fourth-order valence-corrected chi connectivity index (χ4v) is 1.69. The third kappa shape index (κ3) is 3.44. The number of carbonyl (C=O) groups is 2. The summed E-state index contributed by atoms with van der Waals surface area (Å²) < 4.78 is 8.82. The molecule has 1 aromatic carbocycles. The summed E-state index contributed by atoms with van der Waals surface area (Å²) in [6.45, 7) is 0. The van der Waals surface area contributed by atoms with E-state index >= 15 is 0 Å². The van der Waals surface area contributed by atoms with E-state index in [2.05, 4.69) is 9.47 Å². The van der Waals surface area contributed by atoms with Gasteiger partial charge >= 0.3 is 11.9 Å². The highest BCUT2D eigenvalue weighted by Gasteiger charge is 2.27. The average molecular weight is 289 g/mol. The number of esters is 2. The van der Waals surface area contributed by atoms with E-state index in [-0.39, 0.29) is 16.1 Å². The van der Waals surface area contributed by atoms with Gasteiger partial charge in [-0.1, -0.05) is 17.7 Å². The molecule has 6 nitrogen and oxygen atoms in total. The lowest BCUT2D eigenvalue weighted by atomic mass is 10.0. The molecule has 0 aliphatic carbocycles. The highest BCUT2D eigenvalue weighted by molar-refractivity contribution is 6.33. The van der Waals surface area contributed by atoms with E-state index in [1.807, 2.05) is 0 Å². The molecular formula is C12H13ClO6. The summed E-state index contributed by atoms with van der Waals surface area (Å²) in [7, 11) is 2.30. The normalized spacial score (nSPS) is 13.5. The number of aliphatic hydroxyl groups excluding tert-OH is 2. The molecule has 0 aromatic heterocycles. The molecule has 1 aromatic rings. The van der Waals surface area contributed by atoms with Gasteiger partial charge in [0.2, 0.25) is 0 Å². The van der Waals surface area contributed by atoms with Crippen LogP contribution in [0.15, 0.2) is 18.2 Å². The summed E-state index contributed by atoms with van der Waals surface area (Å²) >= 11 is 5.86. The second-order valence-corrected chi connectivity index (χ2v) is 4.05. The van der Waals surface area contributed by atoms with Crippen molar-refractivity contribution in [2.24, 2.45) is 0 Å². The first-order valence-corrected chi connectivity index (χ1v) is 5.62. The molecular weight excluding hydrogens is 276 g/mol. The van der Waals surface area contributed by atoms with Crippen molar-refractivity contribution in [3.63, 3.8) is 0 Å². The quantitative estimate of drug-likeness (QED) is 0.792. The van der Waals surface area contributed by atoms with Crippen LogP contribution in [0, 0.1) is 0 Å². The lowest BCUT2D eigenvalue weighted by molar-refractivity contribution is -0.156. The minimum absolute atomic E-state index is 0.0421. The third-order valence-corrected chi connectivity index (χ3v) is 2.79. The van der Waals surface area contributed by atoms with Gasteiger partial charge in [-0.25, -0.2) is 9.59 Å².